The molecule has 0 aliphatic heterocycles. The molecule has 0 radical (unpaired) electrons. The van der Waals surface area contributed by atoms with Gasteiger partial charge >= 0.3 is 0 Å². The monoisotopic (exact) mass is 249 g/mol. The molecule has 0 saturated carbocycles. The minimum atomic E-state index is -2.85. The first-order valence-corrected chi connectivity index (χ1v) is 5.92. The first kappa shape index (κ1) is 13.5. The Morgan fingerprint density at radius 2 is 2.12 bits per heavy atom. The Hall–Kier alpha value is -0.590. The van der Waals surface area contributed by atoms with Crippen LogP contribution in [0.25, 0.3) is 0 Å². The summed E-state index contributed by atoms with van der Waals surface area (Å²) in [6, 6.07) is -0.122. The highest BCUT2D eigenvalue weighted by Gasteiger charge is 2.27. The largest absolute Gasteiger partial charge is 0.325 e. The van der Waals surface area contributed by atoms with E-state index in [0.717, 1.165) is 15.6 Å². The molecule has 0 bridgehead atoms. The Kier molecular flexibility index (Phi) is 4.35. The molecule has 0 saturated heterocycles. The number of aromatic nitrogens is 1. The molecule has 1 atom stereocenters. The third-order valence-electron chi connectivity index (χ3n) is 2.30. The van der Waals surface area contributed by atoms with Gasteiger partial charge in [-0.1, -0.05) is 0 Å². The van der Waals surface area contributed by atoms with Crippen molar-refractivity contribution in [2.75, 3.05) is 13.1 Å². The normalized spacial score (nSPS) is 14.1. The number of rotatable bonds is 5. The summed E-state index contributed by atoms with van der Waals surface area (Å²) in [4.78, 5) is 5.27. The number of nitrogens with zero attached hydrogens (tertiary/aromatic N) is 1. The van der Waals surface area contributed by atoms with Gasteiger partial charge < -0.3 is 11.1 Å². The van der Waals surface area contributed by atoms with Crippen LogP contribution in [-0.4, -0.2) is 24.0 Å². The molecular formula is C10H17F2N3S. The number of aryl methyl sites for hydroxylation is 2. The van der Waals surface area contributed by atoms with E-state index < -0.39 is 19.0 Å². The maximum absolute atomic E-state index is 12.9. The van der Waals surface area contributed by atoms with Gasteiger partial charge in [-0.15, -0.1) is 11.3 Å². The van der Waals surface area contributed by atoms with E-state index in [1.54, 1.807) is 0 Å². The maximum Gasteiger partial charge on any atom is 0.272 e. The first-order valence-electron chi connectivity index (χ1n) is 5.11. The molecule has 1 aromatic heterocycles. The van der Waals surface area contributed by atoms with E-state index >= 15 is 0 Å². The van der Waals surface area contributed by atoms with E-state index in [0.29, 0.717) is 0 Å². The predicted octanol–water partition coefficient (Wildman–Crippen LogP) is 2.00. The molecule has 1 heterocycles. The summed E-state index contributed by atoms with van der Waals surface area (Å²) in [5, 5.41) is 3.74. The SMILES string of the molecule is Cc1nc(C)c(C(C)NCC(F)(F)CN)s1. The molecule has 0 fully saturated rings. The van der Waals surface area contributed by atoms with E-state index in [2.05, 4.69) is 10.3 Å². The number of alkyl halides is 2. The number of nitrogens with two attached hydrogens (primary N) is 1. The van der Waals surface area contributed by atoms with Crippen LogP contribution in [0, 0.1) is 13.8 Å². The molecule has 0 spiro atoms. The Bertz CT molecular complexity index is 352. The van der Waals surface area contributed by atoms with E-state index in [-0.39, 0.29) is 6.04 Å². The number of halogens is 2. The number of hydrogen-bond donors (Lipinski definition) is 2. The molecule has 0 amide bonds. The van der Waals surface area contributed by atoms with Crippen molar-refractivity contribution in [2.45, 2.75) is 32.7 Å². The highest BCUT2D eigenvalue weighted by atomic mass is 32.1. The lowest BCUT2D eigenvalue weighted by Gasteiger charge is -2.18. The van der Waals surface area contributed by atoms with E-state index in [1.807, 2.05) is 20.8 Å². The van der Waals surface area contributed by atoms with Crippen LogP contribution < -0.4 is 11.1 Å². The molecule has 1 aromatic rings. The van der Waals surface area contributed by atoms with Crippen LogP contribution in [0.15, 0.2) is 0 Å². The van der Waals surface area contributed by atoms with Crippen molar-refractivity contribution in [3.8, 4) is 0 Å². The second kappa shape index (κ2) is 5.16. The minimum Gasteiger partial charge on any atom is -0.325 e. The molecular weight excluding hydrogens is 232 g/mol. The van der Waals surface area contributed by atoms with Crippen LogP contribution in [0.2, 0.25) is 0 Å². The molecule has 0 aliphatic carbocycles. The van der Waals surface area contributed by atoms with Gasteiger partial charge in [0.05, 0.1) is 23.8 Å². The molecule has 0 aliphatic rings. The van der Waals surface area contributed by atoms with Crippen molar-refractivity contribution in [3.05, 3.63) is 15.6 Å². The number of thiazole rings is 1. The van der Waals surface area contributed by atoms with E-state index in [1.165, 1.54) is 11.3 Å². The van der Waals surface area contributed by atoms with Crippen LogP contribution >= 0.6 is 11.3 Å². The van der Waals surface area contributed by atoms with Gasteiger partial charge in [-0.2, -0.15) is 0 Å². The lowest BCUT2D eigenvalue weighted by Crippen LogP contribution is -2.39. The third-order valence-corrected chi connectivity index (χ3v) is 3.55. The molecule has 92 valence electrons. The van der Waals surface area contributed by atoms with Crippen molar-refractivity contribution in [1.82, 2.24) is 10.3 Å². The lowest BCUT2D eigenvalue weighted by molar-refractivity contribution is 0.00965. The summed E-state index contributed by atoms with van der Waals surface area (Å²) >= 11 is 1.53. The predicted molar refractivity (Wildman–Crippen MR) is 62.0 cm³/mol. The summed E-state index contributed by atoms with van der Waals surface area (Å²) in [7, 11) is 0. The summed E-state index contributed by atoms with van der Waals surface area (Å²) in [6.45, 7) is 4.61. The van der Waals surface area contributed by atoms with Gasteiger partial charge in [0.2, 0.25) is 0 Å². The number of nitrogens with one attached hydrogen (secondary N) is 1. The average Bonchev–Trinajstić information content (AvgIpc) is 2.54. The first-order chi connectivity index (χ1) is 7.35. The molecule has 3 N–H and O–H groups in total. The molecule has 0 aromatic carbocycles. The van der Waals surface area contributed by atoms with Crippen molar-refractivity contribution >= 4 is 11.3 Å². The molecule has 6 heteroatoms. The highest BCUT2D eigenvalue weighted by molar-refractivity contribution is 7.11. The molecule has 1 unspecified atom stereocenters. The van der Waals surface area contributed by atoms with Crippen molar-refractivity contribution < 1.29 is 8.78 Å². The van der Waals surface area contributed by atoms with Crippen LogP contribution in [0.5, 0.6) is 0 Å². The highest BCUT2D eigenvalue weighted by Crippen LogP contribution is 2.24. The lowest BCUT2D eigenvalue weighted by atomic mass is 10.2. The summed E-state index contributed by atoms with van der Waals surface area (Å²) in [6.07, 6.45) is 0. The van der Waals surface area contributed by atoms with E-state index in [4.69, 9.17) is 5.73 Å². The molecule has 3 nitrogen and oxygen atoms in total. The Morgan fingerprint density at radius 1 is 1.50 bits per heavy atom. The van der Waals surface area contributed by atoms with Crippen molar-refractivity contribution in [3.63, 3.8) is 0 Å². The molecule has 16 heavy (non-hydrogen) atoms. The van der Waals surface area contributed by atoms with Crippen LogP contribution in [0.1, 0.15) is 28.5 Å². The van der Waals surface area contributed by atoms with Gasteiger partial charge in [-0.25, -0.2) is 13.8 Å². The fraction of sp³-hybridized carbons (Fsp3) is 0.700. The van der Waals surface area contributed by atoms with Crippen LogP contribution in [0.4, 0.5) is 8.78 Å². The minimum absolute atomic E-state index is 0.122. The van der Waals surface area contributed by atoms with Gasteiger partial charge in [-0.05, 0) is 20.8 Å². The van der Waals surface area contributed by atoms with Crippen molar-refractivity contribution in [2.24, 2.45) is 5.73 Å². The van der Waals surface area contributed by atoms with Crippen molar-refractivity contribution in [1.29, 1.82) is 0 Å². The zero-order valence-electron chi connectivity index (χ0n) is 9.68. The van der Waals surface area contributed by atoms with Gasteiger partial charge in [0.25, 0.3) is 5.92 Å². The quantitative estimate of drug-likeness (QED) is 0.839. The third kappa shape index (κ3) is 3.47. The van der Waals surface area contributed by atoms with Gasteiger partial charge in [0.15, 0.2) is 0 Å². The summed E-state index contributed by atoms with van der Waals surface area (Å²) in [5.41, 5.74) is 5.87. The summed E-state index contributed by atoms with van der Waals surface area (Å²) in [5.74, 6) is -2.85. The fourth-order valence-electron chi connectivity index (χ4n) is 1.42. The van der Waals surface area contributed by atoms with Gasteiger partial charge in [-0.3, -0.25) is 0 Å². The fourth-order valence-corrected chi connectivity index (χ4v) is 2.37. The standard InChI is InChI=1S/C10H17F2N3S/c1-6(14-5-10(11,12)4-13)9-7(2)15-8(3)16-9/h6,14H,4-5,13H2,1-3H3. The topological polar surface area (TPSA) is 50.9 Å². The van der Waals surface area contributed by atoms with Crippen LogP contribution in [0.3, 0.4) is 0 Å². The molecule has 1 rings (SSSR count). The Balaban J connectivity index is 2.59. The Labute approximate surface area is 98.1 Å². The number of hydrogen-bond acceptors (Lipinski definition) is 4. The summed E-state index contributed by atoms with van der Waals surface area (Å²) < 4.78 is 25.9. The van der Waals surface area contributed by atoms with E-state index in [9.17, 15) is 8.78 Å². The second-order valence-corrected chi connectivity index (χ2v) is 5.08. The maximum atomic E-state index is 12.9. The average molecular weight is 249 g/mol. The zero-order valence-corrected chi connectivity index (χ0v) is 10.5. The smallest absolute Gasteiger partial charge is 0.272 e. The van der Waals surface area contributed by atoms with Crippen LogP contribution in [-0.2, 0) is 0 Å². The van der Waals surface area contributed by atoms with Gasteiger partial charge in [0, 0.05) is 10.9 Å². The Morgan fingerprint density at radius 3 is 2.56 bits per heavy atom. The van der Waals surface area contributed by atoms with Gasteiger partial charge in [0.1, 0.15) is 0 Å². The second-order valence-electron chi connectivity index (χ2n) is 3.85. The zero-order chi connectivity index (χ0) is 12.3.